The highest BCUT2D eigenvalue weighted by molar-refractivity contribution is 6.05. The topological polar surface area (TPSA) is 87.1 Å². The van der Waals surface area contributed by atoms with Crippen molar-refractivity contribution in [2.24, 2.45) is 10.9 Å². The number of fused-ring (bicyclic) bond motifs is 1. The number of aromatic nitrogens is 2. The minimum Gasteiger partial charge on any atom is -0.461 e. The predicted molar refractivity (Wildman–Crippen MR) is 116 cm³/mol. The van der Waals surface area contributed by atoms with Gasteiger partial charge in [-0.1, -0.05) is 0 Å². The molecule has 2 aliphatic heterocycles. The molecule has 0 spiro atoms. The number of benzene rings is 1. The molecule has 2 aromatic heterocycles. The Bertz CT molecular complexity index is 1140. The summed E-state index contributed by atoms with van der Waals surface area (Å²) < 4.78 is 20.8. The lowest BCUT2D eigenvalue weighted by atomic mass is 9.90. The van der Waals surface area contributed by atoms with Gasteiger partial charge < -0.3 is 19.3 Å². The largest absolute Gasteiger partial charge is 0.461 e. The van der Waals surface area contributed by atoms with E-state index in [4.69, 9.17) is 4.42 Å². The average molecular weight is 437 g/mol. The van der Waals surface area contributed by atoms with Gasteiger partial charge in [0.05, 0.1) is 6.20 Å². The highest BCUT2D eigenvalue weighted by Crippen LogP contribution is 2.38. The van der Waals surface area contributed by atoms with Crippen molar-refractivity contribution >= 4 is 23.1 Å². The van der Waals surface area contributed by atoms with Gasteiger partial charge in [0.25, 0.3) is 0 Å². The molecule has 3 aromatic rings. The second-order valence-corrected chi connectivity index (χ2v) is 8.06. The monoisotopic (exact) mass is 437 g/mol. The van der Waals surface area contributed by atoms with Crippen molar-refractivity contribution in [1.29, 1.82) is 0 Å². The molecule has 9 heteroatoms. The molecule has 0 aliphatic carbocycles. The number of amides is 1. The van der Waals surface area contributed by atoms with E-state index in [1.807, 2.05) is 11.8 Å². The molecule has 8 nitrogen and oxygen atoms in total. The number of aliphatic hydroxyl groups excluding tert-OH is 1. The summed E-state index contributed by atoms with van der Waals surface area (Å²) in [6.07, 6.45) is 1.66. The van der Waals surface area contributed by atoms with Gasteiger partial charge >= 0.3 is 0 Å². The Hall–Kier alpha value is -3.46. The number of anilines is 1. The summed E-state index contributed by atoms with van der Waals surface area (Å²) in [5.41, 5.74) is 1.65. The number of halogens is 1. The Morgan fingerprint density at radius 1 is 1.12 bits per heavy atom. The number of rotatable bonds is 4. The summed E-state index contributed by atoms with van der Waals surface area (Å²) in [7, 11) is 0. The maximum atomic E-state index is 13.7. The van der Waals surface area contributed by atoms with E-state index < -0.39 is 12.0 Å². The van der Waals surface area contributed by atoms with Crippen molar-refractivity contribution in [3.05, 3.63) is 66.0 Å². The Morgan fingerprint density at radius 3 is 2.56 bits per heavy atom. The Kier molecular flexibility index (Phi) is 5.26. The van der Waals surface area contributed by atoms with E-state index in [-0.39, 0.29) is 18.3 Å². The molecule has 4 heterocycles. The Labute approximate surface area is 184 Å². The van der Waals surface area contributed by atoms with Crippen LogP contribution in [0.3, 0.4) is 0 Å². The van der Waals surface area contributed by atoms with Crippen LogP contribution in [0.5, 0.6) is 0 Å². The number of hydrogen-bond donors (Lipinski definition) is 1. The molecule has 2 aliphatic rings. The maximum Gasteiger partial charge on any atom is 0.234 e. The van der Waals surface area contributed by atoms with Gasteiger partial charge in [-0.3, -0.25) is 4.79 Å². The van der Waals surface area contributed by atoms with Gasteiger partial charge in [0.15, 0.2) is 5.82 Å². The fraction of sp³-hybridized carbons (Fsp3) is 0.348. The van der Waals surface area contributed by atoms with E-state index in [0.29, 0.717) is 49.2 Å². The fourth-order valence-electron chi connectivity index (χ4n) is 4.50. The number of nitrogens with zero attached hydrogens (tertiary/aromatic N) is 5. The third kappa shape index (κ3) is 3.58. The van der Waals surface area contributed by atoms with Crippen LogP contribution in [0.2, 0.25) is 0 Å². The van der Waals surface area contributed by atoms with Crippen molar-refractivity contribution in [3.8, 4) is 0 Å². The van der Waals surface area contributed by atoms with Crippen molar-refractivity contribution in [3.63, 3.8) is 0 Å². The average Bonchev–Trinajstić information content (AvgIpc) is 3.48. The number of furan rings is 1. The summed E-state index contributed by atoms with van der Waals surface area (Å²) in [5, 5.41) is 13.8. The highest BCUT2D eigenvalue weighted by Gasteiger charge is 2.42. The predicted octanol–water partition coefficient (Wildman–Crippen LogP) is 2.77. The molecular weight excluding hydrogens is 413 g/mol. The molecule has 1 amide bonds. The molecule has 0 saturated carbocycles. The quantitative estimate of drug-likeness (QED) is 0.678. The van der Waals surface area contributed by atoms with Crippen LogP contribution in [0.1, 0.15) is 24.5 Å². The molecule has 2 unspecified atom stereocenters. The van der Waals surface area contributed by atoms with E-state index in [1.54, 1.807) is 41.2 Å². The Balaban J connectivity index is 1.38. The van der Waals surface area contributed by atoms with Gasteiger partial charge in [0, 0.05) is 43.6 Å². The summed E-state index contributed by atoms with van der Waals surface area (Å²) in [6, 6.07) is 11.2. The Morgan fingerprint density at radius 2 is 1.88 bits per heavy atom. The number of hydrogen-bond acceptors (Lipinski definition) is 6. The van der Waals surface area contributed by atoms with Crippen LogP contribution in [0, 0.1) is 11.7 Å². The second kappa shape index (κ2) is 8.23. The molecule has 32 heavy (non-hydrogen) atoms. The van der Waals surface area contributed by atoms with E-state index in [2.05, 4.69) is 15.0 Å². The summed E-state index contributed by atoms with van der Waals surface area (Å²) in [4.78, 5) is 22.3. The van der Waals surface area contributed by atoms with E-state index >= 15 is 0 Å². The number of carbonyl (C=O) groups excluding carboxylic acids is 1. The first-order valence-electron chi connectivity index (χ1n) is 10.6. The van der Waals surface area contributed by atoms with Gasteiger partial charge in [-0.05, 0) is 43.3 Å². The van der Waals surface area contributed by atoms with Crippen LogP contribution in [0.4, 0.5) is 15.9 Å². The number of aliphatic hydroxyl groups is 1. The van der Waals surface area contributed by atoms with E-state index in [9.17, 15) is 14.3 Å². The van der Waals surface area contributed by atoms with Crippen LogP contribution in [-0.4, -0.2) is 57.6 Å². The fourth-order valence-corrected chi connectivity index (χ4v) is 4.50. The second-order valence-electron chi connectivity index (χ2n) is 8.06. The molecule has 1 N–H and O–H groups in total. The zero-order chi connectivity index (χ0) is 22.2. The molecule has 1 saturated heterocycles. The van der Waals surface area contributed by atoms with E-state index in [0.717, 1.165) is 5.69 Å². The third-order valence-corrected chi connectivity index (χ3v) is 6.15. The summed E-state index contributed by atoms with van der Waals surface area (Å²) in [5.74, 6) is 0.820. The maximum absolute atomic E-state index is 13.7. The smallest absolute Gasteiger partial charge is 0.234 e. The van der Waals surface area contributed by atoms with Crippen LogP contribution in [-0.2, 0) is 11.4 Å². The first kappa shape index (κ1) is 20.4. The van der Waals surface area contributed by atoms with Crippen LogP contribution in [0.25, 0.3) is 0 Å². The number of piperazine rings is 1. The lowest BCUT2D eigenvalue weighted by Crippen LogP contribution is -2.53. The molecule has 0 radical (unpaired) electrons. The highest BCUT2D eigenvalue weighted by atomic mass is 19.1. The summed E-state index contributed by atoms with van der Waals surface area (Å²) >= 11 is 0. The lowest BCUT2D eigenvalue weighted by molar-refractivity contribution is -0.134. The molecule has 166 valence electrons. The molecule has 0 bridgehead atoms. The SMILES string of the molecule is CC1=Nc2ccnn2C(c2ccc(CO)o2)C1C(=O)N1CCN(c2ccc(F)cc2)CC1. The minimum absolute atomic E-state index is 0.0295. The lowest BCUT2D eigenvalue weighted by Gasteiger charge is -2.39. The van der Waals surface area contributed by atoms with E-state index in [1.165, 1.54) is 12.1 Å². The molecule has 1 aromatic carbocycles. The summed E-state index contributed by atoms with van der Waals surface area (Å²) in [6.45, 7) is 4.07. The van der Waals surface area contributed by atoms with Gasteiger partial charge in [-0.15, -0.1) is 0 Å². The van der Waals surface area contributed by atoms with Gasteiger partial charge in [-0.2, -0.15) is 5.10 Å². The molecule has 2 atom stereocenters. The van der Waals surface area contributed by atoms with Crippen molar-refractivity contribution in [2.45, 2.75) is 19.6 Å². The normalized spacial score (nSPS) is 20.8. The number of carbonyl (C=O) groups is 1. The molecule has 1 fully saturated rings. The zero-order valence-electron chi connectivity index (χ0n) is 17.7. The van der Waals surface area contributed by atoms with Crippen LogP contribution < -0.4 is 4.90 Å². The zero-order valence-corrected chi connectivity index (χ0v) is 17.7. The first-order chi connectivity index (χ1) is 15.5. The molecule has 5 rings (SSSR count). The molecular formula is C23H24FN5O3. The van der Waals surface area contributed by atoms with Crippen molar-refractivity contribution in [2.75, 3.05) is 31.1 Å². The minimum atomic E-state index is -0.558. The third-order valence-electron chi connectivity index (χ3n) is 6.15. The standard InChI is InChI=1S/C23H24FN5O3/c1-15-21(22(19-7-6-18(14-30)32-19)29-20(26-15)8-9-25-29)23(31)28-12-10-27(11-13-28)17-4-2-16(24)3-5-17/h2-9,21-22,30H,10-14H2,1H3. The van der Waals surface area contributed by atoms with Gasteiger partial charge in [-0.25, -0.2) is 14.1 Å². The van der Waals surface area contributed by atoms with Crippen molar-refractivity contribution in [1.82, 2.24) is 14.7 Å². The van der Waals surface area contributed by atoms with Crippen LogP contribution >= 0.6 is 0 Å². The van der Waals surface area contributed by atoms with Crippen LogP contribution in [0.15, 0.2) is 58.1 Å². The van der Waals surface area contributed by atoms with Gasteiger partial charge in [0.1, 0.15) is 35.9 Å². The first-order valence-corrected chi connectivity index (χ1v) is 10.6. The number of aliphatic imine (C=N–C) groups is 1. The van der Waals surface area contributed by atoms with Gasteiger partial charge in [0.2, 0.25) is 5.91 Å². The van der Waals surface area contributed by atoms with Crippen molar-refractivity contribution < 1.29 is 18.7 Å².